The molecule has 0 aromatic carbocycles. The van der Waals surface area contributed by atoms with Crippen LogP contribution in [0.4, 0.5) is 0 Å². The smallest absolute Gasteiger partial charge is 0.222 e. The van der Waals surface area contributed by atoms with Gasteiger partial charge >= 0.3 is 0 Å². The second kappa shape index (κ2) is 4.83. The highest BCUT2D eigenvalue weighted by Crippen LogP contribution is 2.64. The normalized spacial score (nSPS) is 52.9. The largest absolute Gasteiger partial charge is 0.342 e. The lowest BCUT2D eigenvalue weighted by Gasteiger charge is -2.61. The molecule has 1 heterocycles. The van der Waals surface area contributed by atoms with Crippen LogP contribution in [0.3, 0.4) is 0 Å². The molecule has 3 aliphatic carbocycles. The van der Waals surface area contributed by atoms with Crippen LogP contribution in [0, 0.1) is 34.5 Å². The van der Waals surface area contributed by atoms with Gasteiger partial charge in [0.2, 0.25) is 5.91 Å². The highest BCUT2D eigenvalue weighted by Gasteiger charge is 2.62. The maximum Gasteiger partial charge on any atom is 0.222 e. The number of fused-ring (bicyclic) bond motifs is 5. The number of rotatable bonds is 0. The molecule has 7 atom stereocenters. The number of likely N-dealkylation sites (tertiary alicyclic amines) is 1. The van der Waals surface area contributed by atoms with E-state index in [-0.39, 0.29) is 10.8 Å². The van der Waals surface area contributed by atoms with E-state index in [9.17, 15) is 9.59 Å². The van der Waals surface area contributed by atoms with Gasteiger partial charge in [-0.25, -0.2) is 0 Å². The summed E-state index contributed by atoms with van der Waals surface area (Å²) in [5.41, 5.74) is 0.207. The van der Waals surface area contributed by atoms with Gasteiger partial charge in [0, 0.05) is 31.3 Å². The summed E-state index contributed by atoms with van der Waals surface area (Å²) in [6, 6.07) is 0.418. The molecule has 0 bridgehead atoms. The molecular formula is C20H31NO2. The zero-order chi connectivity index (χ0) is 16.6. The van der Waals surface area contributed by atoms with Gasteiger partial charge in [-0.15, -0.1) is 0 Å². The summed E-state index contributed by atoms with van der Waals surface area (Å²) in [7, 11) is 2.01. The second-order valence-corrected chi connectivity index (χ2v) is 9.46. The Morgan fingerprint density at radius 1 is 1.09 bits per heavy atom. The first-order chi connectivity index (χ1) is 10.8. The van der Waals surface area contributed by atoms with Crippen LogP contribution in [0.5, 0.6) is 0 Å². The molecule has 4 aliphatic rings. The maximum absolute atomic E-state index is 12.6. The number of carbonyl (C=O) groups excluding carboxylic acids is 2. The number of hydrogen-bond donors (Lipinski definition) is 0. The molecule has 4 fully saturated rings. The Bertz CT molecular complexity index is 558. The van der Waals surface area contributed by atoms with E-state index in [1.54, 1.807) is 0 Å². The molecule has 23 heavy (non-hydrogen) atoms. The van der Waals surface area contributed by atoms with Crippen molar-refractivity contribution >= 4 is 11.7 Å². The molecule has 0 aromatic heterocycles. The molecule has 0 aromatic rings. The molecule has 3 saturated carbocycles. The lowest BCUT2D eigenvalue weighted by Crippen LogP contribution is -2.61. The van der Waals surface area contributed by atoms with Gasteiger partial charge in [-0.3, -0.25) is 9.59 Å². The summed E-state index contributed by atoms with van der Waals surface area (Å²) >= 11 is 0. The molecule has 0 N–H and O–H groups in total. The Morgan fingerprint density at radius 3 is 2.57 bits per heavy atom. The average molecular weight is 317 g/mol. The van der Waals surface area contributed by atoms with Gasteiger partial charge < -0.3 is 4.90 Å². The summed E-state index contributed by atoms with van der Waals surface area (Å²) in [5, 5.41) is 0. The lowest BCUT2D eigenvalue weighted by molar-refractivity contribution is -0.160. The van der Waals surface area contributed by atoms with Crippen LogP contribution in [-0.2, 0) is 9.59 Å². The Hall–Kier alpha value is -0.860. The quantitative estimate of drug-likeness (QED) is 0.683. The minimum absolute atomic E-state index is 0.0554. The van der Waals surface area contributed by atoms with Crippen LogP contribution >= 0.6 is 0 Å². The number of nitrogens with zero attached hydrogens (tertiary/aromatic N) is 1. The van der Waals surface area contributed by atoms with Gasteiger partial charge in [0.05, 0.1) is 0 Å². The summed E-state index contributed by atoms with van der Waals surface area (Å²) in [5.74, 6) is 3.37. The van der Waals surface area contributed by atoms with Crippen molar-refractivity contribution in [3.63, 3.8) is 0 Å². The van der Waals surface area contributed by atoms with Crippen LogP contribution in [0.25, 0.3) is 0 Å². The molecule has 1 saturated heterocycles. The third-order valence-corrected chi connectivity index (χ3v) is 8.57. The fourth-order valence-electron chi connectivity index (χ4n) is 7.43. The molecule has 1 aliphatic heterocycles. The van der Waals surface area contributed by atoms with E-state index in [0.29, 0.717) is 47.8 Å². The van der Waals surface area contributed by atoms with Crippen molar-refractivity contribution < 1.29 is 9.59 Å². The predicted octanol–water partition coefficient (Wildman–Crippen LogP) is 3.66. The lowest BCUT2D eigenvalue weighted by atomic mass is 9.47. The van der Waals surface area contributed by atoms with Crippen molar-refractivity contribution in [2.75, 3.05) is 7.05 Å². The number of Topliss-reactive ketones (excluding diaryl/α,β-unsaturated/α-hetero) is 1. The van der Waals surface area contributed by atoms with E-state index in [4.69, 9.17) is 0 Å². The van der Waals surface area contributed by atoms with Crippen LogP contribution in [0.15, 0.2) is 0 Å². The van der Waals surface area contributed by atoms with E-state index in [1.807, 2.05) is 7.05 Å². The minimum Gasteiger partial charge on any atom is -0.342 e. The SMILES string of the molecule is C[C@@H]1CC(=O)[C@@]2(C)CCC3C(CC[C@H]4N(C)C(=O)CC[C@]34C)C12. The molecule has 128 valence electrons. The summed E-state index contributed by atoms with van der Waals surface area (Å²) < 4.78 is 0. The first-order valence-electron chi connectivity index (χ1n) is 9.58. The number of carbonyl (C=O) groups is 2. The van der Waals surface area contributed by atoms with Crippen LogP contribution in [-0.4, -0.2) is 29.7 Å². The topological polar surface area (TPSA) is 37.4 Å². The molecule has 3 heteroatoms. The molecular weight excluding hydrogens is 286 g/mol. The van der Waals surface area contributed by atoms with E-state index >= 15 is 0 Å². The Labute approximate surface area is 140 Å². The Kier molecular flexibility index (Phi) is 3.29. The highest BCUT2D eigenvalue weighted by molar-refractivity contribution is 5.87. The zero-order valence-corrected chi connectivity index (χ0v) is 15.1. The van der Waals surface area contributed by atoms with Gasteiger partial charge in [0.1, 0.15) is 5.78 Å². The maximum atomic E-state index is 12.6. The van der Waals surface area contributed by atoms with E-state index in [1.165, 1.54) is 12.8 Å². The minimum atomic E-state index is -0.0554. The van der Waals surface area contributed by atoms with E-state index in [0.717, 1.165) is 25.7 Å². The van der Waals surface area contributed by atoms with E-state index in [2.05, 4.69) is 25.7 Å². The van der Waals surface area contributed by atoms with Crippen molar-refractivity contribution in [2.24, 2.45) is 34.5 Å². The Balaban J connectivity index is 1.69. The van der Waals surface area contributed by atoms with Gasteiger partial charge in [-0.05, 0) is 61.2 Å². The van der Waals surface area contributed by atoms with Crippen LogP contribution in [0.2, 0.25) is 0 Å². The molecule has 1 amide bonds. The summed E-state index contributed by atoms with van der Waals surface area (Å²) in [4.78, 5) is 26.8. The number of ketones is 1. The summed E-state index contributed by atoms with van der Waals surface area (Å²) in [6.07, 6.45) is 7.15. The monoisotopic (exact) mass is 317 g/mol. The van der Waals surface area contributed by atoms with Crippen LogP contribution in [0.1, 0.15) is 65.7 Å². The average Bonchev–Trinajstić information content (AvgIpc) is 2.73. The van der Waals surface area contributed by atoms with Crippen molar-refractivity contribution in [1.82, 2.24) is 4.90 Å². The summed E-state index contributed by atoms with van der Waals surface area (Å²) in [6.45, 7) is 7.01. The van der Waals surface area contributed by atoms with Gasteiger partial charge in [-0.2, -0.15) is 0 Å². The van der Waals surface area contributed by atoms with Crippen molar-refractivity contribution in [3.05, 3.63) is 0 Å². The molecule has 0 radical (unpaired) electrons. The first kappa shape index (κ1) is 15.7. The third kappa shape index (κ3) is 1.88. The van der Waals surface area contributed by atoms with Crippen molar-refractivity contribution in [3.8, 4) is 0 Å². The molecule has 0 spiro atoms. The zero-order valence-electron chi connectivity index (χ0n) is 15.1. The number of piperidine rings is 1. The fourth-order valence-corrected chi connectivity index (χ4v) is 7.43. The molecule has 3 nitrogen and oxygen atoms in total. The van der Waals surface area contributed by atoms with Crippen LogP contribution < -0.4 is 0 Å². The number of amides is 1. The van der Waals surface area contributed by atoms with Gasteiger partial charge in [-0.1, -0.05) is 20.8 Å². The highest BCUT2D eigenvalue weighted by atomic mass is 16.2. The van der Waals surface area contributed by atoms with Gasteiger partial charge in [0.25, 0.3) is 0 Å². The van der Waals surface area contributed by atoms with E-state index < -0.39 is 0 Å². The molecule has 4 rings (SSSR count). The van der Waals surface area contributed by atoms with Crippen molar-refractivity contribution in [2.45, 2.75) is 71.8 Å². The third-order valence-electron chi connectivity index (χ3n) is 8.57. The molecule has 3 unspecified atom stereocenters. The number of hydrogen-bond acceptors (Lipinski definition) is 2. The predicted molar refractivity (Wildman–Crippen MR) is 89.7 cm³/mol. The Morgan fingerprint density at radius 2 is 1.83 bits per heavy atom. The fraction of sp³-hybridized carbons (Fsp3) is 0.900. The van der Waals surface area contributed by atoms with Crippen molar-refractivity contribution in [1.29, 1.82) is 0 Å². The standard InChI is InChI=1S/C20H31NO2/c1-12-11-16(22)20(3)9-7-14-13(18(12)20)5-6-15-19(14,2)10-8-17(23)21(15)4/h12-15,18H,5-11H2,1-4H3/t12-,13?,14?,15-,18?,19-,20-/m1/s1. The second-order valence-electron chi connectivity index (χ2n) is 9.46. The first-order valence-corrected chi connectivity index (χ1v) is 9.58. The van der Waals surface area contributed by atoms with Gasteiger partial charge in [0.15, 0.2) is 0 Å².